The van der Waals surface area contributed by atoms with Crippen LogP contribution in [0.2, 0.25) is 0 Å². The minimum absolute atomic E-state index is 0.381. The predicted octanol–water partition coefficient (Wildman–Crippen LogP) is -1.50. The SMILES string of the molecule is NC(=O)C(=O)OC1(O)CC1. The first-order chi connectivity index (χ1) is 4.53. The van der Waals surface area contributed by atoms with Gasteiger partial charge < -0.3 is 15.6 Å². The van der Waals surface area contributed by atoms with Crippen LogP contribution in [0.4, 0.5) is 0 Å². The van der Waals surface area contributed by atoms with Crippen LogP contribution in [0.5, 0.6) is 0 Å². The van der Waals surface area contributed by atoms with Gasteiger partial charge in [-0.1, -0.05) is 0 Å². The van der Waals surface area contributed by atoms with Crippen molar-refractivity contribution in [1.82, 2.24) is 0 Å². The second-order valence-corrected chi connectivity index (χ2v) is 2.20. The minimum Gasteiger partial charge on any atom is -0.426 e. The van der Waals surface area contributed by atoms with E-state index in [9.17, 15) is 9.59 Å². The second kappa shape index (κ2) is 1.95. The Balaban J connectivity index is 2.39. The molecular formula is C5H7NO4. The lowest BCUT2D eigenvalue weighted by Gasteiger charge is -2.05. The number of esters is 1. The van der Waals surface area contributed by atoms with Crippen LogP contribution >= 0.6 is 0 Å². The fourth-order valence-electron chi connectivity index (χ4n) is 0.432. The van der Waals surface area contributed by atoms with E-state index in [-0.39, 0.29) is 0 Å². The molecule has 3 N–H and O–H groups in total. The zero-order valence-electron chi connectivity index (χ0n) is 5.16. The normalized spacial score (nSPS) is 19.7. The molecule has 1 rings (SSSR count). The lowest BCUT2D eigenvalue weighted by molar-refractivity contribution is -0.178. The number of primary amides is 1. The molecule has 0 heterocycles. The molecule has 0 aromatic heterocycles. The van der Waals surface area contributed by atoms with E-state index < -0.39 is 17.7 Å². The molecule has 0 radical (unpaired) electrons. The first-order valence-electron chi connectivity index (χ1n) is 2.79. The van der Waals surface area contributed by atoms with Gasteiger partial charge in [0.1, 0.15) is 0 Å². The lowest BCUT2D eigenvalue weighted by Crippen LogP contribution is -2.30. The van der Waals surface area contributed by atoms with Crippen molar-refractivity contribution >= 4 is 11.9 Å². The molecule has 1 aliphatic rings. The van der Waals surface area contributed by atoms with Gasteiger partial charge in [-0.2, -0.15) is 0 Å². The average molecular weight is 145 g/mol. The van der Waals surface area contributed by atoms with E-state index in [4.69, 9.17) is 5.11 Å². The maximum atomic E-state index is 10.3. The molecule has 1 aliphatic carbocycles. The fraction of sp³-hybridized carbons (Fsp3) is 0.600. The summed E-state index contributed by atoms with van der Waals surface area (Å²) in [5.74, 6) is -3.76. The van der Waals surface area contributed by atoms with Gasteiger partial charge in [0.15, 0.2) is 0 Å². The number of amides is 1. The van der Waals surface area contributed by atoms with Gasteiger partial charge in [-0.3, -0.25) is 4.79 Å². The molecule has 5 nitrogen and oxygen atoms in total. The van der Waals surface area contributed by atoms with Crippen LogP contribution in [0.15, 0.2) is 0 Å². The highest BCUT2D eigenvalue weighted by molar-refractivity contribution is 6.31. The summed E-state index contributed by atoms with van der Waals surface area (Å²) < 4.78 is 4.25. The molecule has 10 heavy (non-hydrogen) atoms. The third-order valence-electron chi connectivity index (χ3n) is 1.16. The molecule has 0 bridgehead atoms. The van der Waals surface area contributed by atoms with Crippen LogP contribution in [0.3, 0.4) is 0 Å². The van der Waals surface area contributed by atoms with Gasteiger partial charge in [-0.05, 0) is 0 Å². The monoisotopic (exact) mass is 145 g/mol. The summed E-state index contributed by atoms with van der Waals surface area (Å²) >= 11 is 0. The van der Waals surface area contributed by atoms with Crippen molar-refractivity contribution in [2.24, 2.45) is 5.73 Å². The fourth-order valence-corrected chi connectivity index (χ4v) is 0.432. The van der Waals surface area contributed by atoms with E-state index in [1.165, 1.54) is 0 Å². The highest BCUT2D eigenvalue weighted by Crippen LogP contribution is 2.35. The van der Waals surface area contributed by atoms with Crippen LogP contribution in [0, 0.1) is 0 Å². The van der Waals surface area contributed by atoms with Crippen molar-refractivity contribution in [1.29, 1.82) is 0 Å². The van der Waals surface area contributed by atoms with E-state index in [0.29, 0.717) is 12.8 Å². The van der Waals surface area contributed by atoms with Crippen LogP contribution < -0.4 is 5.73 Å². The van der Waals surface area contributed by atoms with E-state index in [2.05, 4.69) is 10.5 Å². The summed E-state index contributed by atoms with van der Waals surface area (Å²) in [5.41, 5.74) is 4.55. The Hall–Kier alpha value is -1.10. The van der Waals surface area contributed by atoms with E-state index >= 15 is 0 Å². The summed E-state index contributed by atoms with van der Waals surface area (Å²) in [6.07, 6.45) is 0.762. The predicted molar refractivity (Wildman–Crippen MR) is 29.5 cm³/mol. The Morgan fingerprint density at radius 3 is 2.30 bits per heavy atom. The average Bonchev–Trinajstić information content (AvgIpc) is 2.47. The molecule has 0 aromatic carbocycles. The smallest absolute Gasteiger partial charge is 0.399 e. The Kier molecular flexibility index (Phi) is 1.37. The van der Waals surface area contributed by atoms with Gasteiger partial charge >= 0.3 is 11.9 Å². The molecule has 0 atom stereocenters. The molecule has 1 amide bonds. The molecule has 0 unspecified atom stereocenters. The largest absolute Gasteiger partial charge is 0.426 e. The zero-order valence-corrected chi connectivity index (χ0v) is 5.16. The number of hydrogen-bond donors (Lipinski definition) is 2. The summed E-state index contributed by atoms with van der Waals surface area (Å²) in [6, 6.07) is 0. The quantitative estimate of drug-likeness (QED) is 0.267. The summed E-state index contributed by atoms with van der Waals surface area (Å²) in [5, 5.41) is 8.90. The Labute approximate surface area is 56.8 Å². The van der Waals surface area contributed by atoms with E-state index in [0.717, 1.165) is 0 Å². The van der Waals surface area contributed by atoms with Gasteiger partial charge in [0, 0.05) is 12.8 Å². The van der Waals surface area contributed by atoms with E-state index in [1.54, 1.807) is 0 Å². The van der Waals surface area contributed by atoms with Crippen LogP contribution in [0.25, 0.3) is 0 Å². The molecule has 56 valence electrons. The number of ether oxygens (including phenoxy) is 1. The van der Waals surface area contributed by atoms with Gasteiger partial charge in [0.05, 0.1) is 0 Å². The minimum atomic E-state index is -1.40. The Morgan fingerprint density at radius 2 is 2.00 bits per heavy atom. The summed E-state index contributed by atoms with van der Waals surface area (Å²) in [6.45, 7) is 0. The van der Waals surface area contributed by atoms with Crippen molar-refractivity contribution < 1.29 is 19.4 Å². The molecule has 0 aromatic rings. The van der Waals surface area contributed by atoms with Crippen molar-refractivity contribution in [3.63, 3.8) is 0 Å². The first-order valence-corrected chi connectivity index (χ1v) is 2.79. The molecule has 0 spiro atoms. The molecule has 1 fully saturated rings. The van der Waals surface area contributed by atoms with Gasteiger partial charge in [-0.25, -0.2) is 4.79 Å². The summed E-state index contributed by atoms with van der Waals surface area (Å²) in [4.78, 5) is 20.4. The Morgan fingerprint density at radius 1 is 1.50 bits per heavy atom. The first kappa shape index (κ1) is 7.01. The number of carbonyl (C=O) groups excluding carboxylic acids is 2. The molecule has 5 heteroatoms. The third-order valence-corrected chi connectivity index (χ3v) is 1.16. The molecule has 1 saturated carbocycles. The highest BCUT2D eigenvalue weighted by Gasteiger charge is 2.45. The van der Waals surface area contributed by atoms with Crippen LogP contribution in [0.1, 0.15) is 12.8 Å². The number of nitrogens with two attached hydrogens (primary N) is 1. The van der Waals surface area contributed by atoms with Crippen LogP contribution in [-0.2, 0) is 14.3 Å². The van der Waals surface area contributed by atoms with Crippen molar-refractivity contribution in [2.45, 2.75) is 18.6 Å². The molecular weight excluding hydrogens is 138 g/mol. The molecule has 0 aliphatic heterocycles. The van der Waals surface area contributed by atoms with Gasteiger partial charge in [0.2, 0.25) is 5.79 Å². The topological polar surface area (TPSA) is 89.6 Å². The number of aliphatic hydroxyl groups is 1. The number of hydrogen-bond acceptors (Lipinski definition) is 4. The summed E-state index contributed by atoms with van der Waals surface area (Å²) in [7, 11) is 0. The second-order valence-electron chi connectivity index (χ2n) is 2.20. The van der Waals surface area contributed by atoms with Crippen LogP contribution in [-0.4, -0.2) is 22.8 Å². The van der Waals surface area contributed by atoms with Gasteiger partial charge in [-0.15, -0.1) is 0 Å². The van der Waals surface area contributed by atoms with Crippen molar-refractivity contribution in [3.8, 4) is 0 Å². The standard InChI is InChI=1S/C5H7NO4/c6-3(7)4(8)10-5(9)1-2-5/h9H,1-2H2,(H2,6,7). The lowest BCUT2D eigenvalue weighted by atomic mass is 10.6. The zero-order chi connectivity index (χ0) is 7.78. The van der Waals surface area contributed by atoms with Gasteiger partial charge in [0.25, 0.3) is 0 Å². The molecule has 0 saturated heterocycles. The maximum absolute atomic E-state index is 10.3. The number of rotatable bonds is 1. The third kappa shape index (κ3) is 1.44. The van der Waals surface area contributed by atoms with Crippen molar-refractivity contribution in [2.75, 3.05) is 0 Å². The Bertz CT molecular complexity index is 184. The number of carbonyl (C=O) groups is 2. The van der Waals surface area contributed by atoms with E-state index in [1.807, 2.05) is 0 Å². The van der Waals surface area contributed by atoms with Crippen molar-refractivity contribution in [3.05, 3.63) is 0 Å². The highest BCUT2D eigenvalue weighted by atomic mass is 16.7. The maximum Gasteiger partial charge on any atom is 0.399 e.